The number of alkyl halides is 3. The number of rotatable bonds is 4. The van der Waals surface area contributed by atoms with Gasteiger partial charge in [0.25, 0.3) is 0 Å². The van der Waals surface area contributed by atoms with Gasteiger partial charge in [-0.15, -0.1) is 0 Å². The first-order valence-corrected chi connectivity index (χ1v) is 12.8. The number of oxazole rings is 2. The van der Waals surface area contributed by atoms with Crippen molar-refractivity contribution in [3.8, 4) is 33.9 Å². The summed E-state index contributed by atoms with van der Waals surface area (Å²) in [6.07, 6.45) is 2.02. The molecular formula is C29H21F3N6O3. The van der Waals surface area contributed by atoms with Gasteiger partial charge in [-0.2, -0.15) is 13.2 Å². The third kappa shape index (κ3) is 4.56. The average Bonchev–Trinajstić information content (AvgIpc) is 3.76. The summed E-state index contributed by atoms with van der Waals surface area (Å²) in [6.45, 7) is 1.37. The van der Waals surface area contributed by atoms with Crippen LogP contribution < -0.4 is 15.1 Å². The van der Waals surface area contributed by atoms with E-state index >= 15 is 0 Å². The molecule has 0 spiro atoms. The molecule has 2 aromatic carbocycles. The van der Waals surface area contributed by atoms with Gasteiger partial charge in [-0.1, -0.05) is 12.1 Å². The van der Waals surface area contributed by atoms with E-state index < -0.39 is 17.8 Å². The van der Waals surface area contributed by atoms with Crippen LogP contribution in [0.5, 0.6) is 0 Å². The lowest BCUT2D eigenvalue weighted by Crippen LogP contribution is -2.48. The second-order valence-electron chi connectivity index (χ2n) is 9.84. The fourth-order valence-electron chi connectivity index (χ4n) is 5.37. The van der Waals surface area contributed by atoms with Crippen LogP contribution >= 0.6 is 0 Å². The Balaban J connectivity index is 1.26. The molecule has 0 aliphatic carbocycles. The monoisotopic (exact) mass is 558 g/mol. The summed E-state index contributed by atoms with van der Waals surface area (Å²) in [5.74, 6) is 1.40. The molecule has 12 heteroatoms. The summed E-state index contributed by atoms with van der Waals surface area (Å²) in [5.41, 5.74) is 2.46. The van der Waals surface area contributed by atoms with E-state index in [-0.39, 0.29) is 6.04 Å². The number of pyridine rings is 1. The summed E-state index contributed by atoms with van der Waals surface area (Å²) in [4.78, 5) is 30.3. The highest BCUT2D eigenvalue weighted by Gasteiger charge is 2.40. The topological polar surface area (TPSA) is 101 Å². The summed E-state index contributed by atoms with van der Waals surface area (Å²) in [5, 5.41) is 2.98. The van der Waals surface area contributed by atoms with Crippen LogP contribution in [-0.2, 0) is 6.18 Å². The second kappa shape index (κ2) is 9.51. The highest BCUT2D eigenvalue weighted by molar-refractivity contribution is 6.05. The predicted octanol–water partition coefficient (Wildman–Crippen LogP) is 6.71. The number of hydrogen-bond donors (Lipinski definition) is 1. The van der Waals surface area contributed by atoms with Crippen molar-refractivity contribution in [1.82, 2.24) is 15.0 Å². The van der Waals surface area contributed by atoms with Gasteiger partial charge in [-0.25, -0.2) is 19.7 Å². The van der Waals surface area contributed by atoms with Crippen LogP contribution in [-0.4, -0.2) is 40.1 Å². The Morgan fingerprint density at radius 2 is 1.66 bits per heavy atom. The molecule has 5 aromatic rings. The summed E-state index contributed by atoms with van der Waals surface area (Å²) in [6, 6.07) is 13.3. The molecule has 3 aromatic heterocycles. The third-order valence-electron chi connectivity index (χ3n) is 7.27. The van der Waals surface area contributed by atoms with E-state index in [1.807, 2.05) is 12.1 Å². The van der Waals surface area contributed by atoms with Gasteiger partial charge in [0.15, 0.2) is 30.1 Å². The van der Waals surface area contributed by atoms with Crippen molar-refractivity contribution in [2.45, 2.75) is 18.6 Å². The van der Waals surface area contributed by atoms with Crippen molar-refractivity contribution in [1.29, 1.82) is 0 Å². The van der Waals surface area contributed by atoms with Crippen molar-refractivity contribution in [3.63, 3.8) is 0 Å². The zero-order chi connectivity index (χ0) is 28.1. The van der Waals surface area contributed by atoms with Crippen molar-refractivity contribution in [2.75, 3.05) is 28.2 Å². The fraction of sp³-hybridized carbons (Fsp3) is 0.172. The highest BCUT2D eigenvalue weighted by atomic mass is 19.4. The number of carbonyl (C=O) groups excluding carboxylic acids is 1. The van der Waals surface area contributed by atoms with Crippen LogP contribution in [0.15, 0.2) is 88.6 Å². The number of amides is 2. The molecule has 2 bridgehead atoms. The number of benzene rings is 2. The third-order valence-corrected chi connectivity index (χ3v) is 7.27. The lowest BCUT2D eigenvalue weighted by molar-refractivity contribution is -0.137. The maximum Gasteiger partial charge on any atom is 0.416 e. The van der Waals surface area contributed by atoms with Crippen LogP contribution in [0.1, 0.15) is 12.0 Å². The minimum absolute atomic E-state index is 0.155. The molecule has 1 N–H and O–H groups in total. The van der Waals surface area contributed by atoms with Gasteiger partial charge in [-0.3, -0.25) is 4.90 Å². The predicted molar refractivity (Wildman–Crippen MR) is 144 cm³/mol. The summed E-state index contributed by atoms with van der Waals surface area (Å²) >= 11 is 0. The van der Waals surface area contributed by atoms with Crippen LogP contribution in [0.3, 0.4) is 0 Å². The fourth-order valence-corrected chi connectivity index (χ4v) is 5.37. The number of nitrogens with zero attached hydrogens (tertiary/aromatic N) is 5. The van der Waals surface area contributed by atoms with Gasteiger partial charge in [0.2, 0.25) is 0 Å². The minimum Gasteiger partial charge on any atom is -0.444 e. The molecule has 0 unspecified atom stereocenters. The molecule has 206 valence electrons. The normalized spacial score (nSPS) is 16.1. The number of nitrogens with one attached hydrogen (secondary N) is 1. The maximum atomic E-state index is 13.9. The van der Waals surface area contributed by atoms with Crippen LogP contribution in [0.25, 0.3) is 33.9 Å². The Hall–Kier alpha value is -5.13. The SMILES string of the molecule is O=C(Nc1cc(-c2cnco2)cc(-c2cnco2)c1)N1c2nc(-c3cccc(C(F)(F)F)c3)ccc2N2CC[C@H]1C2. The molecule has 41 heavy (non-hydrogen) atoms. The molecule has 2 aliphatic rings. The lowest BCUT2D eigenvalue weighted by Gasteiger charge is -2.36. The molecule has 0 saturated carbocycles. The number of halogens is 3. The Labute approximate surface area is 231 Å². The van der Waals surface area contributed by atoms with Gasteiger partial charge in [0.1, 0.15) is 0 Å². The van der Waals surface area contributed by atoms with Crippen LogP contribution in [0.2, 0.25) is 0 Å². The first kappa shape index (κ1) is 24.9. The van der Waals surface area contributed by atoms with E-state index in [1.54, 1.807) is 41.6 Å². The molecule has 7 rings (SSSR count). The van der Waals surface area contributed by atoms with Crippen molar-refractivity contribution in [2.24, 2.45) is 0 Å². The van der Waals surface area contributed by atoms with Crippen molar-refractivity contribution >= 4 is 23.2 Å². The number of aromatic nitrogens is 3. The second-order valence-corrected chi connectivity index (χ2v) is 9.84. The molecule has 2 aliphatic heterocycles. The summed E-state index contributed by atoms with van der Waals surface area (Å²) in [7, 11) is 0. The first-order valence-electron chi connectivity index (χ1n) is 12.8. The summed E-state index contributed by atoms with van der Waals surface area (Å²) < 4.78 is 51.1. The number of urea groups is 1. The first-order chi connectivity index (χ1) is 19.8. The number of carbonyl (C=O) groups is 1. The van der Waals surface area contributed by atoms with E-state index in [2.05, 4.69) is 20.2 Å². The van der Waals surface area contributed by atoms with E-state index in [0.717, 1.165) is 30.8 Å². The van der Waals surface area contributed by atoms with Crippen molar-refractivity contribution in [3.05, 3.63) is 85.3 Å². The molecular weight excluding hydrogens is 537 g/mol. The van der Waals surface area contributed by atoms with Gasteiger partial charge >= 0.3 is 12.2 Å². The number of hydrogen-bond acceptors (Lipinski definition) is 7. The standard InChI is InChI=1S/C29H21F3N6O3/c30-29(31,32)20-3-1-2-17(9-20)23-4-5-24-27(36-23)38(22-6-7-37(24)14-22)28(39)35-21-10-18(25-12-33-15-40-25)8-19(11-21)26-13-34-16-41-26/h1-5,8-13,15-16,22H,6-7,14H2,(H,35,39)/t22-/m0/s1. The van der Waals surface area contributed by atoms with Gasteiger partial charge in [0.05, 0.1) is 35.4 Å². The van der Waals surface area contributed by atoms with Crippen molar-refractivity contribution < 1.29 is 26.8 Å². The van der Waals surface area contributed by atoms with Crippen LogP contribution in [0.4, 0.5) is 35.2 Å². The molecule has 9 nitrogen and oxygen atoms in total. The van der Waals surface area contributed by atoms with Gasteiger partial charge < -0.3 is 19.1 Å². The van der Waals surface area contributed by atoms with E-state index in [1.165, 1.54) is 18.9 Å². The zero-order valence-corrected chi connectivity index (χ0v) is 21.3. The Morgan fingerprint density at radius 3 is 2.32 bits per heavy atom. The lowest BCUT2D eigenvalue weighted by atomic mass is 10.1. The van der Waals surface area contributed by atoms with Crippen LogP contribution in [0, 0.1) is 0 Å². The molecule has 2 amide bonds. The van der Waals surface area contributed by atoms with Gasteiger partial charge in [0, 0.05) is 35.5 Å². The van der Waals surface area contributed by atoms with E-state index in [0.29, 0.717) is 52.0 Å². The molecule has 5 heterocycles. The molecule has 0 radical (unpaired) electrons. The number of anilines is 3. The highest BCUT2D eigenvalue weighted by Crippen LogP contribution is 2.41. The van der Waals surface area contributed by atoms with E-state index in [9.17, 15) is 18.0 Å². The van der Waals surface area contributed by atoms with E-state index in [4.69, 9.17) is 13.8 Å². The largest absolute Gasteiger partial charge is 0.444 e. The Kier molecular flexibility index (Phi) is 5.77. The average molecular weight is 559 g/mol. The number of fused-ring (bicyclic) bond motifs is 4. The molecule has 1 fully saturated rings. The minimum atomic E-state index is -4.48. The maximum absolute atomic E-state index is 13.9. The smallest absolute Gasteiger partial charge is 0.416 e. The van der Waals surface area contributed by atoms with Gasteiger partial charge in [-0.05, 0) is 48.9 Å². The Bertz CT molecular complexity index is 1680. The zero-order valence-electron chi connectivity index (χ0n) is 21.3. The quantitative estimate of drug-likeness (QED) is 0.262. The molecule has 1 saturated heterocycles. The Morgan fingerprint density at radius 1 is 0.927 bits per heavy atom. The molecule has 1 atom stereocenters.